The van der Waals surface area contributed by atoms with Gasteiger partial charge in [0.25, 0.3) is 5.91 Å². The van der Waals surface area contributed by atoms with Gasteiger partial charge in [0.15, 0.2) is 19.6 Å². The molecule has 3 aromatic carbocycles. The first-order valence-corrected chi connectivity index (χ1v) is 12.1. The number of aliphatic hydroxyl groups is 1. The van der Waals surface area contributed by atoms with Crippen LogP contribution in [0, 0.1) is 0 Å². The van der Waals surface area contributed by atoms with E-state index in [-0.39, 0.29) is 29.2 Å². The van der Waals surface area contributed by atoms with Crippen LogP contribution < -0.4 is 10.1 Å². The minimum absolute atomic E-state index is 0.0170. The number of halogens is 2. The van der Waals surface area contributed by atoms with Crippen molar-refractivity contribution >= 4 is 52.2 Å². The summed E-state index contributed by atoms with van der Waals surface area (Å²) < 4.78 is 18.1. The lowest BCUT2D eigenvalue weighted by molar-refractivity contribution is 0.0696. The standard InChI is InChI=1S/C23H18Br2NO7P/c1-23(31,34-32)14-8-17(24)20(18(25)9-14)33-15-6-7-19(27)16(10-15)21(28)26-11-12-2-4-13(5-3-12)22(29)30/h2-10,27,31H,11H2,1H3,(H,26,28)(H,29,30). The lowest BCUT2D eigenvalue weighted by atomic mass is 10.1. The first-order chi connectivity index (χ1) is 16.0. The molecule has 1 amide bonds. The summed E-state index contributed by atoms with van der Waals surface area (Å²) in [6.45, 7) is 1.53. The van der Waals surface area contributed by atoms with E-state index in [1.165, 1.54) is 37.3 Å². The van der Waals surface area contributed by atoms with Crippen LogP contribution >= 0.6 is 40.3 Å². The number of nitrogens with one attached hydrogen (secondary N) is 1. The summed E-state index contributed by atoms with van der Waals surface area (Å²) in [5.41, 5.74) is 1.19. The quantitative estimate of drug-likeness (QED) is 0.237. The van der Waals surface area contributed by atoms with E-state index in [4.69, 9.17) is 9.84 Å². The van der Waals surface area contributed by atoms with Gasteiger partial charge in [-0.2, -0.15) is 0 Å². The molecule has 0 aliphatic rings. The third-order valence-electron chi connectivity index (χ3n) is 4.81. The highest BCUT2D eigenvalue weighted by Gasteiger charge is 2.26. The highest BCUT2D eigenvalue weighted by atomic mass is 79.9. The number of aromatic hydroxyl groups is 1. The van der Waals surface area contributed by atoms with Gasteiger partial charge in [0.1, 0.15) is 11.5 Å². The number of carboxylic acids is 1. The maximum Gasteiger partial charge on any atom is 0.335 e. The van der Waals surface area contributed by atoms with Crippen LogP contribution in [-0.2, 0) is 16.5 Å². The van der Waals surface area contributed by atoms with Gasteiger partial charge in [-0.05, 0) is 92.4 Å². The topological polar surface area (TPSA) is 133 Å². The zero-order valence-corrected chi connectivity index (χ0v) is 21.6. The number of carbonyl (C=O) groups is 2. The Balaban J connectivity index is 1.78. The Morgan fingerprint density at radius 3 is 2.24 bits per heavy atom. The van der Waals surface area contributed by atoms with Crippen LogP contribution in [0.25, 0.3) is 0 Å². The summed E-state index contributed by atoms with van der Waals surface area (Å²) in [5, 5.41) is 30.4. The Kier molecular flexibility index (Phi) is 8.09. The Labute approximate surface area is 213 Å². The molecular formula is C23H18Br2NO7P. The second-order valence-electron chi connectivity index (χ2n) is 7.35. The van der Waals surface area contributed by atoms with Gasteiger partial charge in [-0.3, -0.25) is 9.36 Å². The van der Waals surface area contributed by atoms with Crippen molar-refractivity contribution in [2.24, 2.45) is 0 Å². The molecule has 0 aliphatic heterocycles. The number of rotatable bonds is 8. The average Bonchev–Trinajstić information content (AvgIpc) is 2.80. The van der Waals surface area contributed by atoms with Crippen molar-refractivity contribution in [2.75, 3.05) is 0 Å². The monoisotopic (exact) mass is 609 g/mol. The van der Waals surface area contributed by atoms with Crippen molar-refractivity contribution in [1.82, 2.24) is 5.32 Å². The number of benzene rings is 3. The lowest BCUT2D eigenvalue weighted by Crippen LogP contribution is -2.23. The Morgan fingerprint density at radius 1 is 1.06 bits per heavy atom. The molecule has 0 aliphatic carbocycles. The summed E-state index contributed by atoms with van der Waals surface area (Å²) in [7, 11) is -0.463. The summed E-state index contributed by atoms with van der Waals surface area (Å²) in [6.07, 6.45) is 0. The van der Waals surface area contributed by atoms with Crippen molar-refractivity contribution in [1.29, 1.82) is 0 Å². The fraction of sp³-hybridized carbons (Fsp3) is 0.130. The molecule has 0 bridgehead atoms. The fourth-order valence-corrected chi connectivity index (χ4v) is 4.49. The number of carbonyl (C=O) groups excluding carboxylic acids is 1. The van der Waals surface area contributed by atoms with Gasteiger partial charge < -0.3 is 25.4 Å². The molecule has 3 aromatic rings. The molecule has 3 rings (SSSR count). The summed E-state index contributed by atoms with van der Waals surface area (Å²) >= 11 is 6.73. The molecule has 8 nitrogen and oxygen atoms in total. The molecule has 0 spiro atoms. The van der Waals surface area contributed by atoms with E-state index in [0.717, 1.165) is 0 Å². The van der Waals surface area contributed by atoms with Crippen molar-refractivity contribution < 1.29 is 34.2 Å². The zero-order valence-electron chi connectivity index (χ0n) is 17.6. The van der Waals surface area contributed by atoms with Crippen molar-refractivity contribution in [3.8, 4) is 17.2 Å². The molecule has 11 heteroatoms. The first kappa shape index (κ1) is 25.8. The molecule has 34 heavy (non-hydrogen) atoms. The molecule has 0 saturated heterocycles. The number of hydrogen-bond acceptors (Lipinski definition) is 6. The summed E-state index contributed by atoms with van der Waals surface area (Å²) in [5.74, 6) is -1.23. The van der Waals surface area contributed by atoms with E-state index >= 15 is 0 Å². The van der Waals surface area contributed by atoms with Gasteiger partial charge >= 0.3 is 5.97 Å². The van der Waals surface area contributed by atoms with Crippen LogP contribution in [-0.4, -0.2) is 27.2 Å². The molecule has 0 heterocycles. The molecule has 0 radical (unpaired) electrons. The number of phenols is 1. The predicted molar refractivity (Wildman–Crippen MR) is 132 cm³/mol. The number of phenolic OH excluding ortho intramolecular Hbond substituents is 1. The number of amides is 1. The van der Waals surface area contributed by atoms with Crippen LogP contribution in [0.4, 0.5) is 0 Å². The fourth-order valence-electron chi connectivity index (χ4n) is 2.90. The van der Waals surface area contributed by atoms with Gasteiger partial charge in [-0.1, -0.05) is 12.1 Å². The second-order valence-corrected chi connectivity index (χ2v) is 10.1. The van der Waals surface area contributed by atoms with Crippen molar-refractivity contribution in [2.45, 2.75) is 18.8 Å². The van der Waals surface area contributed by atoms with Crippen LogP contribution in [0.2, 0.25) is 0 Å². The highest BCUT2D eigenvalue weighted by molar-refractivity contribution is 9.11. The molecule has 1 unspecified atom stereocenters. The van der Waals surface area contributed by atoms with Gasteiger partial charge in [-0.15, -0.1) is 0 Å². The van der Waals surface area contributed by atoms with E-state index in [1.807, 2.05) is 0 Å². The Hall–Kier alpha value is -2.78. The van der Waals surface area contributed by atoms with Gasteiger partial charge in [-0.25, -0.2) is 4.79 Å². The first-order valence-electron chi connectivity index (χ1n) is 9.69. The Morgan fingerprint density at radius 2 is 1.68 bits per heavy atom. The van der Waals surface area contributed by atoms with Crippen LogP contribution in [0.1, 0.15) is 38.8 Å². The number of aromatic carboxylic acids is 1. The molecule has 176 valence electrons. The molecule has 0 fully saturated rings. The smallest absolute Gasteiger partial charge is 0.335 e. The largest absolute Gasteiger partial charge is 0.507 e. The summed E-state index contributed by atoms with van der Waals surface area (Å²) in [4.78, 5) is 23.6. The maximum absolute atomic E-state index is 12.6. The van der Waals surface area contributed by atoms with E-state index in [2.05, 4.69) is 37.2 Å². The molecule has 0 aromatic heterocycles. The normalized spacial score (nSPS) is 12.7. The average molecular weight is 611 g/mol. The molecule has 4 N–H and O–H groups in total. The molecular weight excluding hydrogens is 593 g/mol. The van der Waals surface area contributed by atoms with E-state index in [9.17, 15) is 24.4 Å². The minimum Gasteiger partial charge on any atom is -0.507 e. The number of hydrogen-bond donors (Lipinski definition) is 4. The van der Waals surface area contributed by atoms with Gasteiger partial charge in [0.05, 0.1) is 20.1 Å². The van der Waals surface area contributed by atoms with Crippen molar-refractivity contribution in [3.63, 3.8) is 0 Å². The van der Waals surface area contributed by atoms with Crippen LogP contribution in [0.5, 0.6) is 17.2 Å². The maximum atomic E-state index is 12.6. The van der Waals surface area contributed by atoms with Crippen LogP contribution in [0.15, 0.2) is 63.5 Å². The van der Waals surface area contributed by atoms with E-state index in [0.29, 0.717) is 25.8 Å². The zero-order chi connectivity index (χ0) is 25.0. The van der Waals surface area contributed by atoms with E-state index < -0.39 is 25.7 Å². The number of ether oxygens (including phenoxy) is 1. The third-order valence-corrected chi connectivity index (χ3v) is 6.60. The second kappa shape index (κ2) is 10.7. The number of carboxylic acid groups (broad SMARTS) is 1. The van der Waals surface area contributed by atoms with Gasteiger partial charge in [0.2, 0.25) is 0 Å². The molecule has 1 atom stereocenters. The predicted octanol–water partition coefficient (Wildman–Crippen LogP) is 5.79. The van der Waals surface area contributed by atoms with Crippen LogP contribution in [0.3, 0.4) is 0 Å². The van der Waals surface area contributed by atoms with Crippen molar-refractivity contribution in [3.05, 3.63) is 85.8 Å². The van der Waals surface area contributed by atoms with Gasteiger partial charge in [0, 0.05) is 6.54 Å². The lowest BCUT2D eigenvalue weighted by Gasteiger charge is -2.18. The Bertz CT molecular complexity index is 1240. The third kappa shape index (κ3) is 6.01. The summed E-state index contributed by atoms with van der Waals surface area (Å²) in [6, 6.07) is 13.4. The minimum atomic E-state index is -1.58. The SMILES string of the molecule is CC(O)(P=O)c1cc(Br)c(Oc2ccc(O)c(C(=O)NCc3ccc(C(=O)O)cc3)c2)c(Br)c1. The highest BCUT2D eigenvalue weighted by Crippen LogP contribution is 2.42. The molecule has 0 saturated carbocycles. The van der Waals surface area contributed by atoms with E-state index in [1.54, 1.807) is 24.3 Å².